The molecule has 3 heterocycles. The highest BCUT2D eigenvalue weighted by atomic mass is 31.2. The second-order valence-electron chi connectivity index (χ2n) is 9.66. The molecule has 1 saturated heterocycles. The number of alkyl halides is 1. The molecule has 0 unspecified atom stereocenters. The molecule has 4 rings (SSSR count). The molecular formula is C24H33FN7O7P. The van der Waals surface area contributed by atoms with Gasteiger partial charge in [0, 0.05) is 7.05 Å². The molecule has 0 radical (unpaired) electrons. The number of nitrogen functional groups attached to an aromatic ring is 1. The number of aliphatic hydroxyl groups is 1. The van der Waals surface area contributed by atoms with Gasteiger partial charge in [0.1, 0.15) is 24.0 Å². The van der Waals surface area contributed by atoms with Crippen molar-refractivity contribution in [3.63, 3.8) is 0 Å². The Balaban J connectivity index is 1.56. The van der Waals surface area contributed by atoms with E-state index in [4.69, 9.17) is 24.3 Å². The average Bonchev–Trinajstić information content (AvgIpc) is 3.40. The van der Waals surface area contributed by atoms with Crippen molar-refractivity contribution >= 4 is 36.6 Å². The van der Waals surface area contributed by atoms with Gasteiger partial charge in [-0.2, -0.15) is 15.1 Å². The van der Waals surface area contributed by atoms with E-state index in [1.54, 1.807) is 51.2 Å². The molecule has 1 aliphatic heterocycles. The van der Waals surface area contributed by atoms with Gasteiger partial charge in [0.25, 0.3) is 0 Å². The minimum Gasteiger partial charge on any atom is -0.462 e. The van der Waals surface area contributed by atoms with Crippen molar-refractivity contribution in [3.8, 4) is 5.75 Å². The molecule has 5 N–H and O–H groups in total. The van der Waals surface area contributed by atoms with Crippen molar-refractivity contribution in [2.24, 2.45) is 0 Å². The molecule has 0 amide bonds. The second kappa shape index (κ2) is 11.6. The number of ether oxygens (including phenoxy) is 2. The molecule has 40 heavy (non-hydrogen) atoms. The molecular weight excluding hydrogens is 548 g/mol. The highest BCUT2D eigenvalue weighted by molar-refractivity contribution is 7.52. The number of anilines is 2. The summed E-state index contributed by atoms with van der Waals surface area (Å²) in [6.07, 6.45) is -3.52. The number of fused-ring (bicyclic) bond motifs is 1. The van der Waals surface area contributed by atoms with E-state index >= 15 is 4.39 Å². The van der Waals surface area contributed by atoms with Crippen LogP contribution in [0.15, 0.2) is 36.7 Å². The van der Waals surface area contributed by atoms with Crippen LogP contribution >= 0.6 is 7.75 Å². The third-order valence-corrected chi connectivity index (χ3v) is 7.72. The van der Waals surface area contributed by atoms with Gasteiger partial charge in [-0.25, -0.2) is 13.9 Å². The number of hydrogen-bond donors (Lipinski definition) is 4. The van der Waals surface area contributed by atoms with Crippen LogP contribution in [0.3, 0.4) is 0 Å². The van der Waals surface area contributed by atoms with E-state index in [0.29, 0.717) is 11.3 Å². The first-order valence-electron chi connectivity index (χ1n) is 12.5. The van der Waals surface area contributed by atoms with Gasteiger partial charge in [-0.3, -0.25) is 13.9 Å². The zero-order valence-corrected chi connectivity index (χ0v) is 23.5. The van der Waals surface area contributed by atoms with E-state index in [0.717, 1.165) is 6.92 Å². The Morgan fingerprint density at radius 2 is 2.00 bits per heavy atom. The largest absolute Gasteiger partial charge is 0.462 e. The summed E-state index contributed by atoms with van der Waals surface area (Å²) in [4.78, 5) is 24.8. The van der Waals surface area contributed by atoms with Crippen molar-refractivity contribution in [2.75, 3.05) is 24.7 Å². The average molecular weight is 582 g/mol. The highest BCUT2D eigenvalue weighted by Gasteiger charge is 2.56. The Morgan fingerprint density at radius 1 is 1.30 bits per heavy atom. The van der Waals surface area contributed by atoms with E-state index in [2.05, 4.69) is 25.4 Å². The normalized spacial score (nSPS) is 25.1. The Kier molecular flexibility index (Phi) is 8.61. The van der Waals surface area contributed by atoms with Crippen LogP contribution in [0.4, 0.5) is 16.2 Å². The molecule has 0 bridgehead atoms. The van der Waals surface area contributed by atoms with Crippen LogP contribution in [0.25, 0.3) is 11.2 Å². The summed E-state index contributed by atoms with van der Waals surface area (Å²) in [6, 6.07) is 7.05. The Hall–Kier alpha value is -3.36. The maximum absolute atomic E-state index is 16.0. The Bertz CT molecular complexity index is 1390. The fourth-order valence-corrected chi connectivity index (χ4v) is 5.64. The summed E-state index contributed by atoms with van der Waals surface area (Å²) in [7, 11) is -2.66. The molecule has 0 aliphatic carbocycles. The van der Waals surface area contributed by atoms with Crippen LogP contribution in [-0.2, 0) is 23.4 Å². The summed E-state index contributed by atoms with van der Waals surface area (Å²) in [5, 5.41) is 16.2. The first-order valence-corrected chi connectivity index (χ1v) is 14.1. The zero-order chi connectivity index (χ0) is 29.2. The molecule has 1 aliphatic rings. The number of halogens is 1. The lowest BCUT2D eigenvalue weighted by molar-refractivity contribution is -0.149. The lowest BCUT2D eigenvalue weighted by atomic mass is 9.98. The fraction of sp³-hybridized carbons (Fsp3) is 0.500. The van der Waals surface area contributed by atoms with Crippen LogP contribution < -0.4 is 20.7 Å². The number of aromatic nitrogens is 4. The van der Waals surface area contributed by atoms with Gasteiger partial charge in [0.05, 0.1) is 19.0 Å². The first-order chi connectivity index (χ1) is 18.8. The predicted molar refractivity (Wildman–Crippen MR) is 143 cm³/mol. The summed E-state index contributed by atoms with van der Waals surface area (Å²) in [5.74, 6) is -0.243. The van der Waals surface area contributed by atoms with Gasteiger partial charge in [0.2, 0.25) is 5.95 Å². The van der Waals surface area contributed by atoms with Crippen molar-refractivity contribution in [1.29, 1.82) is 0 Å². The third kappa shape index (κ3) is 6.18. The number of rotatable bonds is 11. The minimum absolute atomic E-state index is 0.0761. The number of para-hydroxylation sites is 1. The number of aliphatic hydroxyl groups excluding tert-OH is 1. The van der Waals surface area contributed by atoms with Gasteiger partial charge in [0.15, 0.2) is 28.9 Å². The van der Waals surface area contributed by atoms with Crippen LogP contribution in [0.2, 0.25) is 0 Å². The highest BCUT2D eigenvalue weighted by Crippen LogP contribution is 2.48. The maximum Gasteiger partial charge on any atom is 0.459 e. The number of esters is 1. The third-order valence-electron chi connectivity index (χ3n) is 6.08. The van der Waals surface area contributed by atoms with Crippen LogP contribution in [0.5, 0.6) is 5.75 Å². The Morgan fingerprint density at radius 3 is 2.65 bits per heavy atom. The molecule has 3 aromatic rings. The summed E-state index contributed by atoms with van der Waals surface area (Å²) in [5.41, 5.74) is 3.94. The van der Waals surface area contributed by atoms with Gasteiger partial charge >= 0.3 is 13.7 Å². The molecule has 218 valence electrons. The van der Waals surface area contributed by atoms with Gasteiger partial charge < -0.3 is 30.2 Å². The standard InChI is InChI=1S/C24H33FN7O7P/c1-13(2)37-21(34)14(3)31-40(35,39-15-9-7-6-8-10-15)36-11-16-18(33)24(4,25)22(38-16)32-12-28-17-19(27-5)29-23(26)30-20(17)32/h6-10,12-14,16,18,22,33H,11H2,1-5H3,(H,31,35)(H3,26,27,29,30)/t14-,16-,18-,22-,24-,40-/m1/s1. The SMILES string of the molecule is CNc1nc(N)nc2c1ncn2[C@@H]1O[C@H](CO[P@](=O)(N[C@H](C)C(=O)OC(C)C)Oc2ccccc2)[C@@H](O)[C@@]1(C)F. The number of benzene rings is 1. The maximum atomic E-state index is 16.0. The topological polar surface area (TPSA) is 185 Å². The van der Waals surface area contributed by atoms with E-state index < -0.39 is 56.6 Å². The lowest BCUT2D eigenvalue weighted by Gasteiger charge is -2.25. The second-order valence-corrected chi connectivity index (χ2v) is 11.4. The number of hydrogen-bond acceptors (Lipinski definition) is 12. The van der Waals surface area contributed by atoms with Crippen molar-refractivity contribution in [3.05, 3.63) is 36.7 Å². The molecule has 6 atom stereocenters. The number of imidazole rings is 1. The number of nitrogens with two attached hydrogens (primary N) is 1. The van der Waals surface area contributed by atoms with Crippen LogP contribution in [-0.4, -0.2) is 74.3 Å². The van der Waals surface area contributed by atoms with Crippen molar-refractivity contribution in [2.45, 2.75) is 63.9 Å². The van der Waals surface area contributed by atoms with Crippen LogP contribution in [0.1, 0.15) is 33.9 Å². The van der Waals surface area contributed by atoms with Gasteiger partial charge in [-0.1, -0.05) is 18.2 Å². The van der Waals surface area contributed by atoms with Gasteiger partial charge in [-0.15, -0.1) is 0 Å². The molecule has 1 fully saturated rings. The van der Waals surface area contributed by atoms with E-state index in [9.17, 15) is 14.5 Å². The number of nitrogens with zero attached hydrogens (tertiary/aromatic N) is 4. The summed E-state index contributed by atoms with van der Waals surface area (Å²) in [6.45, 7) is 5.37. The van der Waals surface area contributed by atoms with E-state index in [1.807, 2.05) is 0 Å². The molecule has 14 nitrogen and oxygen atoms in total. The zero-order valence-electron chi connectivity index (χ0n) is 22.6. The molecule has 0 spiro atoms. The lowest BCUT2D eigenvalue weighted by Crippen LogP contribution is -2.41. The van der Waals surface area contributed by atoms with Crippen molar-refractivity contribution in [1.82, 2.24) is 24.6 Å². The van der Waals surface area contributed by atoms with Gasteiger partial charge in [-0.05, 0) is 39.8 Å². The number of nitrogens with one attached hydrogen (secondary N) is 2. The number of carbonyl (C=O) groups is 1. The van der Waals surface area contributed by atoms with E-state index in [1.165, 1.54) is 17.8 Å². The van der Waals surface area contributed by atoms with E-state index in [-0.39, 0.29) is 17.3 Å². The Labute approximate surface area is 230 Å². The summed E-state index contributed by atoms with van der Waals surface area (Å²) >= 11 is 0. The quantitative estimate of drug-likeness (QED) is 0.191. The molecule has 1 aromatic carbocycles. The first kappa shape index (κ1) is 29.6. The van der Waals surface area contributed by atoms with Crippen molar-refractivity contribution < 1.29 is 37.4 Å². The monoisotopic (exact) mass is 581 g/mol. The smallest absolute Gasteiger partial charge is 0.459 e. The molecule has 0 saturated carbocycles. The summed E-state index contributed by atoms with van der Waals surface area (Å²) < 4.78 is 53.2. The predicted octanol–water partition coefficient (Wildman–Crippen LogP) is 2.57. The molecule has 2 aromatic heterocycles. The number of carbonyl (C=O) groups excluding carboxylic acids is 1. The molecule has 16 heteroatoms. The fourth-order valence-electron chi connectivity index (χ4n) is 4.14. The minimum atomic E-state index is -4.28. The van der Waals surface area contributed by atoms with Crippen LogP contribution in [0, 0.1) is 0 Å².